The van der Waals surface area contributed by atoms with Crippen molar-refractivity contribution >= 4 is 23.0 Å². The number of anilines is 1. The summed E-state index contributed by atoms with van der Waals surface area (Å²) in [4.78, 5) is 14.9. The number of nitro benzene ring substituents is 1. The van der Waals surface area contributed by atoms with Gasteiger partial charge < -0.3 is 9.88 Å². The van der Waals surface area contributed by atoms with Crippen LogP contribution in [0, 0.1) is 24.0 Å². The smallest absolute Gasteiger partial charge is 0.271 e. The van der Waals surface area contributed by atoms with Crippen LogP contribution < -0.4 is 5.32 Å². The van der Waals surface area contributed by atoms with Crippen molar-refractivity contribution in [1.29, 1.82) is 0 Å². The summed E-state index contributed by atoms with van der Waals surface area (Å²) >= 11 is 6.22. The zero-order valence-corrected chi connectivity index (χ0v) is 13.2. The summed E-state index contributed by atoms with van der Waals surface area (Å²) < 4.78 is 2.16. The number of hydrogen-bond donors (Lipinski definition) is 1. The Hall–Kier alpha value is -2.08. The molecule has 2 heterocycles. The van der Waals surface area contributed by atoms with Crippen LogP contribution in [-0.4, -0.2) is 20.5 Å². The Balaban J connectivity index is 1.81. The largest absolute Gasteiger partial charge is 0.379 e. The molecule has 1 N–H and O–H groups in total. The van der Waals surface area contributed by atoms with Gasteiger partial charge in [-0.2, -0.15) is 0 Å². The number of aryl methyl sites for hydroxylation is 3. The van der Waals surface area contributed by atoms with E-state index in [1.165, 1.54) is 6.07 Å². The molecule has 0 amide bonds. The lowest BCUT2D eigenvalue weighted by molar-refractivity contribution is -0.384. The maximum Gasteiger partial charge on any atom is 0.271 e. The lowest BCUT2D eigenvalue weighted by Crippen LogP contribution is -2.31. The Morgan fingerprint density at radius 2 is 2.23 bits per heavy atom. The molecule has 0 saturated heterocycles. The summed E-state index contributed by atoms with van der Waals surface area (Å²) in [6.45, 7) is 4.64. The van der Waals surface area contributed by atoms with Gasteiger partial charge in [0.25, 0.3) is 5.69 Å². The monoisotopic (exact) mass is 320 g/mol. The first-order valence-corrected chi connectivity index (χ1v) is 7.55. The Morgan fingerprint density at radius 3 is 2.91 bits per heavy atom. The van der Waals surface area contributed by atoms with Crippen molar-refractivity contribution in [3.8, 4) is 0 Å². The molecule has 0 aliphatic carbocycles. The topological polar surface area (TPSA) is 73.0 Å². The summed E-state index contributed by atoms with van der Waals surface area (Å²) in [6.07, 6.45) is 3.92. The third-order valence-corrected chi connectivity index (χ3v) is 4.24. The van der Waals surface area contributed by atoms with E-state index in [1.807, 2.05) is 20.0 Å². The molecule has 1 unspecified atom stereocenters. The molecule has 0 saturated carbocycles. The molecule has 1 aromatic heterocycles. The van der Waals surface area contributed by atoms with Crippen LogP contribution in [0.3, 0.4) is 0 Å². The highest BCUT2D eigenvalue weighted by Crippen LogP contribution is 2.32. The number of rotatable bonds is 3. The van der Waals surface area contributed by atoms with Crippen molar-refractivity contribution in [3.63, 3.8) is 0 Å². The molecule has 7 heteroatoms. The van der Waals surface area contributed by atoms with Gasteiger partial charge in [0.2, 0.25) is 0 Å². The van der Waals surface area contributed by atoms with Crippen LogP contribution in [0.15, 0.2) is 18.3 Å². The predicted molar refractivity (Wildman–Crippen MR) is 85.5 cm³/mol. The number of nitrogens with one attached hydrogen (secondary N) is 1. The van der Waals surface area contributed by atoms with Crippen molar-refractivity contribution in [2.45, 2.75) is 39.3 Å². The molecule has 6 nitrogen and oxygen atoms in total. The van der Waals surface area contributed by atoms with Crippen LogP contribution in [0.5, 0.6) is 0 Å². The third kappa shape index (κ3) is 2.78. The van der Waals surface area contributed by atoms with E-state index in [1.54, 1.807) is 6.07 Å². The van der Waals surface area contributed by atoms with Gasteiger partial charge >= 0.3 is 0 Å². The van der Waals surface area contributed by atoms with E-state index in [2.05, 4.69) is 14.9 Å². The lowest BCUT2D eigenvalue weighted by Gasteiger charge is -2.26. The third-order valence-electron chi connectivity index (χ3n) is 3.94. The van der Waals surface area contributed by atoms with E-state index in [0.717, 1.165) is 42.2 Å². The summed E-state index contributed by atoms with van der Waals surface area (Å²) in [7, 11) is 0. The zero-order chi connectivity index (χ0) is 15.9. The minimum absolute atomic E-state index is 0.0178. The van der Waals surface area contributed by atoms with Crippen molar-refractivity contribution in [1.82, 2.24) is 9.55 Å². The number of imidazole rings is 1. The van der Waals surface area contributed by atoms with Gasteiger partial charge in [0.15, 0.2) is 0 Å². The summed E-state index contributed by atoms with van der Waals surface area (Å²) in [6, 6.07) is 3.18. The van der Waals surface area contributed by atoms with E-state index in [-0.39, 0.29) is 11.7 Å². The molecular formula is C15H17ClN4O2. The molecule has 3 rings (SSSR count). The second kappa shape index (κ2) is 5.61. The number of hydrogen-bond acceptors (Lipinski definition) is 4. The van der Waals surface area contributed by atoms with Gasteiger partial charge in [-0.05, 0) is 25.8 Å². The molecule has 0 fully saturated rings. The maximum atomic E-state index is 10.9. The highest BCUT2D eigenvalue weighted by Gasteiger charge is 2.22. The molecule has 1 aliphatic rings. The number of non-ortho nitro benzene ring substituents is 1. The van der Waals surface area contributed by atoms with Gasteiger partial charge in [0.1, 0.15) is 5.82 Å². The van der Waals surface area contributed by atoms with E-state index in [9.17, 15) is 10.1 Å². The number of benzene rings is 1. The minimum Gasteiger partial charge on any atom is -0.379 e. The molecule has 0 bridgehead atoms. The number of nitrogens with zero attached hydrogens (tertiary/aromatic N) is 3. The summed E-state index contributed by atoms with van der Waals surface area (Å²) in [5, 5.41) is 14.7. The lowest BCUT2D eigenvalue weighted by atomic mass is 10.1. The fraction of sp³-hybridized carbons (Fsp3) is 0.400. The quantitative estimate of drug-likeness (QED) is 0.694. The van der Waals surface area contributed by atoms with Crippen molar-refractivity contribution < 1.29 is 4.92 Å². The van der Waals surface area contributed by atoms with Crippen molar-refractivity contribution in [3.05, 3.63) is 50.5 Å². The molecule has 1 aliphatic heterocycles. The van der Waals surface area contributed by atoms with E-state index >= 15 is 0 Å². The van der Waals surface area contributed by atoms with Crippen LogP contribution in [0.1, 0.15) is 23.5 Å². The van der Waals surface area contributed by atoms with Gasteiger partial charge in [-0.25, -0.2) is 4.98 Å². The van der Waals surface area contributed by atoms with Gasteiger partial charge in [0.05, 0.1) is 21.3 Å². The highest BCUT2D eigenvalue weighted by atomic mass is 35.5. The Bertz CT molecular complexity index is 718. The van der Waals surface area contributed by atoms with Crippen molar-refractivity contribution in [2.75, 3.05) is 5.32 Å². The fourth-order valence-electron chi connectivity index (χ4n) is 2.92. The second-order valence-corrected chi connectivity index (χ2v) is 6.11. The molecule has 0 spiro atoms. The number of halogens is 1. The van der Waals surface area contributed by atoms with E-state index in [4.69, 9.17) is 11.6 Å². The maximum absolute atomic E-state index is 10.9. The Morgan fingerprint density at radius 1 is 1.45 bits per heavy atom. The van der Waals surface area contributed by atoms with Crippen LogP contribution in [0.25, 0.3) is 0 Å². The molecule has 1 aromatic carbocycles. The fourth-order valence-corrected chi connectivity index (χ4v) is 3.24. The van der Waals surface area contributed by atoms with Crippen LogP contribution in [0.2, 0.25) is 5.02 Å². The van der Waals surface area contributed by atoms with Gasteiger partial charge in [-0.3, -0.25) is 10.1 Å². The normalized spacial score (nSPS) is 17.1. The number of nitro groups is 1. The Kier molecular flexibility index (Phi) is 3.78. The molecule has 116 valence electrons. The molecular weight excluding hydrogens is 304 g/mol. The predicted octanol–water partition coefficient (Wildman–Crippen LogP) is 3.49. The second-order valence-electron chi connectivity index (χ2n) is 5.71. The van der Waals surface area contributed by atoms with Gasteiger partial charge in [-0.1, -0.05) is 11.6 Å². The van der Waals surface area contributed by atoms with Crippen molar-refractivity contribution in [2.24, 2.45) is 0 Å². The summed E-state index contributed by atoms with van der Waals surface area (Å²) in [5.74, 6) is 1.11. The van der Waals surface area contributed by atoms with Gasteiger partial charge in [-0.15, -0.1) is 0 Å². The first kappa shape index (κ1) is 14.8. The number of aromatic nitrogens is 2. The van der Waals surface area contributed by atoms with Crippen LogP contribution in [0.4, 0.5) is 11.4 Å². The van der Waals surface area contributed by atoms with Gasteiger partial charge in [0, 0.05) is 37.3 Å². The standard InChI is InChI=1S/C15H17ClN4O2/c1-9-5-12(20(21)22)6-13(16)15(9)18-11-3-4-14-17-10(2)7-19(14)8-11/h5-7,11,18H,3-4,8H2,1-2H3. The first-order valence-electron chi connectivity index (χ1n) is 7.18. The minimum atomic E-state index is -0.427. The Labute approximate surface area is 133 Å². The zero-order valence-electron chi connectivity index (χ0n) is 12.5. The SMILES string of the molecule is Cc1cn2c(n1)CCC(Nc1c(C)cc([N+](=O)[O-])cc1Cl)C2. The molecule has 0 radical (unpaired) electrons. The average molecular weight is 321 g/mol. The highest BCUT2D eigenvalue weighted by molar-refractivity contribution is 6.33. The van der Waals surface area contributed by atoms with Crippen LogP contribution in [-0.2, 0) is 13.0 Å². The van der Waals surface area contributed by atoms with Crippen LogP contribution >= 0.6 is 11.6 Å². The molecule has 22 heavy (non-hydrogen) atoms. The van der Waals surface area contributed by atoms with E-state index in [0.29, 0.717) is 5.02 Å². The molecule has 2 aromatic rings. The van der Waals surface area contributed by atoms with E-state index < -0.39 is 4.92 Å². The number of fused-ring (bicyclic) bond motifs is 1. The average Bonchev–Trinajstić information content (AvgIpc) is 2.81. The summed E-state index contributed by atoms with van der Waals surface area (Å²) in [5.41, 5.74) is 2.61. The molecule has 1 atom stereocenters. The first-order chi connectivity index (χ1) is 10.4.